The quantitative estimate of drug-likeness (QED) is 0.215. The number of benzene rings is 4. The smallest absolute Gasteiger partial charge is 0.235 e. The van der Waals surface area contributed by atoms with Crippen molar-refractivity contribution in [2.45, 2.75) is 0 Å². The van der Waals surface area contributed by atoms with E-state index in [4.69, 9.17) is 23.4 Å². The topological polar surface area (TPSA) is 87.4 Å². The number of rotatable bonds is 11. The Morgan fingerprint density at radius 1 is 0.605 bits per heavy atom. The number of para-hydroxylation sites is 3. The summed E-state index contributed by atoms with van der Waals surface area (Å²) in [6.07, 6.45) is 0. The number of hydrogen-bond acceptors (Lipinski definition) is 7. The van der Waals surface area contributed by atoms with E-state index >= 15 is 0 Å². The van der Waals surface area contributed by atoms with Crippen LogP contribution in [-0.2, 0) is 0 Å². The predicted molar refractivity (Wildman–Crippen MR) is 144 cm³/mol. The first-order valence-corrected chi connectivity index (χ1v) is 12.2. The van der Waals surface area contributed by atoms with Gasteiger partial charge in [-0.15, -0.1) is 0 Å². The average molecular weight is 511 g/mol. The third-order valence-electron chi connectivity index (χ3n) is 5.69. The molecule has 4 aromatic carbocycles. The average Bonchev–Trinajstić information content (AvgIpc) is 2.97. The number of ether oxygens (including phenoxy) is 4. The zero-order valence-electron chi connectivity index (χ0n) is 20.5. The molecule has 0 atom stereocenters. The first-order chi connectivity index (χ1) is 18.7. The molecular weight excluding hydrogens is 484 g/mol. The SMILES string of the molecule is O=c1c(O)c(-c2ccc(OCCOc3ccccc3)cc2OCCOc2ccccc2)oc2ccccc12. The summed E-state index contributed by atoms with van der Waals surface area (Å²) in [6, 6.07) is 30.8. The van der Waals surface area contributed by atoms with E-state index in [1.807, 2.05) is 60.7 Å². The van der Waals surface area contributed by atoms with Gasteiger partial charge in [-0.3, -0.25) is 4.79 Å². The Hall–Kier alpha value is -4.91. The van der Waals surface area contributed by atoms with Gasteiger partial charge in [-0.05, 0) is 48.5 Å². The van der Waals surface area contributed by atoms with E-state index in [9.17, 15) is 9.90 Å². The van der Waals surface area contributed by atoms with Gasteiger partial charge in [0.15, 0.2) is 5.76 Å². The van der Waals surface area contributed by atoms with Gasteiger partial charge in [0, 0.05) is 6.07 Å². The molecule has 5 aromatic rings. The van der Waals surface area contributed by atoms with E-state index in [2.05, 4.69) is 0 Å². The van der Waals surface area contributed by atoms with Crippen molar-refractivity contribution in [3.63, 3.8) is 0 Å². The Labute approximate surface area is 219 Å². The summed E-state index contributed by atoms with van der Waals surface area (Å²) in [7, 11) is 0. The minimum absolute atomic E-state index is 0.0200. The Morgan fingerprint density at radius 3 is 1.82 bits per heavy atom. The summed E-state index contributed by atoms with van der Waals surface area (Å²) in [6.45, 7) is 1.16. The van der Waals surface area contributed by atoms with Crippen LogP contribution in [0.25, 0.3) is 22.3 Å². The zero-order valence-corrected chi connectivity index (χ0v) is 20.5. The second-order valence-corrected chi connectivity index (χ2v) is 8.28. The standard InChI is InChI=1S/C31H26O7/c32-29-25-13-7-8-14-27(25)38-31(30(29)33)26-16-15-24(36-18-17-34-22-9-3-1-4-10-22)21-28(26)37-20-19-35-23-11-5-2-6-12-23/h1-16,21,33H,17-20H2. The minimum Gasteiger partial charge on any atom is -0.502 e. The highest BCUT2D eigenvalue weighted by atomic mass is 16.5. The molecule has 5 rings (SSSR count). The summed E-state index contributed by atoms with van der Waals surface area (Å²) < 4.78 is 29.3. The lowest BCUT2D eigenvalue weighted by atomic mass is 10.1. The second kappa shape index (κ2) is 11.9. The summed E-state index contributed by atoms with van der Waals surface area (Å²) in [5, 5.41) is 11.0. The van der Waals surface area contributed by atoms with Gasteiger partial charge in [0.05, 0.1) is 10.9 Å². The molecule has 1 aromatic heterocycles. The molecule has 1 heterocycles. The van der Waals surface area contributed by atoms with E-state index in [1.165, 1.54) is 0 Å². The largest absolute Gasteiger partial charge is 0.502 e. The fourth-order valence-corrected chi connectivity index (χ4v) is 3.88. The lowest BCUT2D eigenvalue weighted by Crippen LogP contribution is -2.11. The lowest BCUT2D eigenvalue weighted by Gasteiger charge is -2.15. The minimum atomic E-state index is -0.515. The van der Waals surface area contributed by atoms with Gasteiger partial charge in [0.1, 0.15) is 55.0 Å². The Bertz CT molecular complexity index is 1550. The molecule has 0 spiro atoms. The summed E-state index contributed by atoms with van der Waals surface area (Å²) in [4.78, 5) is 12.8. The van der Waals surface area contributed by atoms with Gasteiger partial charge in [0.25, 0.3) is 0 Å². The predicted octanol–water partition coefficient (Wildman–Crippen LogP) is 6.08. The highest BCUT2D eigenvalue weighted by Gasteiger charge is 2.19. The van der Waals surface area contributed by atoms with E-state index in [0.29, 0.717) is 41.2 Å². The molecule has 0 saturated carbocycles. The molecule has 0 unspecified atom stereocenters. The van der Waals surface area contributed by atoms with E-state index in [0.717, 1.165) is 11.5 Å². The molecule has 7 heteroatoms. The van der Waals surface area contributed by atoms with Crippen molar-refractivity contribution >= 4 is 11.0 Å². The van der Waals surface area contributed by atoms with Crippen molar-refractivity contribution < 1.29 is 28.5 Å². The van der Waals surface area contributed by atoms with Crippen LogP contribution in [0.1, 0.15) is 0 Å². The number of fused-ring (bicyclic) bond motifs is 1. The maximum absolute atomic E-state index is 12.8. The van der Waals surface area contributed by atoms with Crippen molar-refractivity contribution in [3.8, 4) is 40.1 Å². The normalized spacial score (nSPS) is 10.7. The fourth-order valence-electron chi connectivity index (χ4n) is 3.88. The third kappa shape index (κ3) is 5.90. The third-order valence-corrected chi connectivity index (χ3v) is 5.69. The van der Waals surface area contributed by atoms with Crippen LogP contribution in [-0.4, -0.2) is 31.5 Å². The molecule has 0 aliphatic heterocycles. The van der Waals surface area contributed by atoms with Crippen LogP contribution in [0.2, 0.25) is 0 Å². The van der Waals surface area contributed by atoms with Gasteiger partial charge in [-0.25, -0.2) is 0 Å². The van der Waals surface area contributed by atoms with Crippen LogP contribution in [0.3, 0.4) is 0 Å². The van der Waals surface area contributed by atoms with Gasteiger partial charge in [0.2, 0.25) is 11.2 Å². The molecule has 0 fully saturated rings. The van der Waals surface area contributed by atoms with Crippen molar-refractivity contribution in [2.24, 2.45) is 0 Å². The molecule has 0 aliphatic rings. The Balaban J connectivity index is 1.36. The van der Waals surface area contributed by atoms with Crippen molar-refractivity contribution in [1.82, 2.24) is 0 Å². The van der Waals surface area contributed by atoms with Gasteiger partial charge >= 0.3 is 0 Å². The molecule has 0 amide bonds. The number of aromatic hydroxyl groups is 1. The van der Waals surface area contributed by atoms with Crippen LogP contribution in [0.15, 0.2) is 112 Å². The first-order valence-electron chi connectivity index (χ1n) is 12.2. The van der Waals surface area contributed by atoms with E-state index in [-0.39, 0.29) is 19.0 Å². The van der Waals surface area contributed by atoms with Crippen LogP contribution in [0.4, 0.5) is 0 Å². The van der Waals surface area contributed by atoms with E-state index < -0.39 is 11.2 Å². The van der Waals surface area contributed by atoms with Crippen LogP contribution in [0, 0.1) is 0 Å². The molecule has 192 valence electrons. The highest BCUT2D eigenvalue weighted by molar-refractivity contribution is 5.83. The molecule has 1 N–H and O–H groups in total. The maximum Gasteiger partial charge on any atom is 0.235 e. The van der Waals surface area contributed by atoms with Crippen molar-refractivity contribution in [3.05, 3.63) is 113 Å². The summed E-state index contributed by atoms with van der Waals surface area (Å²) >= 11 is 0. The summed E-state index contributed by atoms with van der Waals surface area (Å²) in [5.41, 5.74) is 0.263. The lowest BCUT2D eigenvalue weighted by molar-refractivity contribution is 0.210. The monoisotopic (exact) mass is 510 g/mol. The zero-order chi connectivity index (χ0) is 26.2. The molecule has 0 saturated heterocycles. The first kappa shape index (κ1) is 24.8. The highest BCUT2D eigenvalue weighted by Crippen LogP contribution is 2.38. The van der Waals surface area contributed by atoms with Crippen LogP contribution >= 0.6 is 0 Å². The van der Waals surface area contributed by atoms with E-state index in [1.54, 1.807) is 42.5 Å². The van der Waals surface area contributed by atoms with Crippen LogP contribution < -0.4 is 24.4 Å². The van der Waals surface area contributed by atoms with Gasteiger partial charge < -0.3 is 28.5 Å². The second-order valence-electron chi connectivity index (χ2n) is 8.28. The number of hydrogen-bond donors (Lipinski definition) is 1. The van der Waals surface area contributed by atoms with Gasteiger partial charge in [-0.1, -0.05) is 48.5 Å². The molecular formula is C31H26O7. The fraction of sp³-hybridized carbons (Fsp3) is 0.129. The molecule has 0 aliphatic carbocycles. The molecule has 38 heavy (non-hydrogen) atoms. The maximum atomic E-state index is 12.8. The molecule has 7 nitrogen and oxygen atoms in total. The Kier molecular flexibility index (Phi) is 7.75. The van der Waals surface area contributed by atoms with Crippen LogP contribution in [0.5, 0.6) is 28.7 Å². The van der Waals surface area contributed by atoms with Crippen molar-refractivity contribution in [2.75, 3.05) is 26.4 Å². The summed E-state index contributed by atoms with van der Waals surface area (Å²) in [5.74, 6) is 1.93. The molecule has 0 bridgehead atoms. The molecule has 0 radical (unpaired) electrons. The Morgan fingerprint density at radius 2 is 1.16 bits per heavy atom. The van der Waals surface area contributed by atoms with Crippen molar-refractivity contribution in [1.29, 1.82) is 0 Å². The van der Waals surface area contributed by atoms with Gasteiger partial charge in [-0.2, -0.15) is 0 Å².